The van der Waals surface area contributed by atoms with Gasteiger partial charge in [0.15, 0.2) is 0 Å². The predicted octanol–water partition coefficient (Wildman–Crippen LogP) is 3.82. The van der Waals surface area contributed by atoms with Gasteiger partial charge in [-0.1, -0.05) is 41.5 Å². The van der Waals surface area contributed by atoms with Crippen LogP contribution in [0.1, 0.15) is 5.56 Å². The second kappa shape index (κ2) is 4.27. The van der Waals surface area contributed by atoms with Gasteiger partial charge in [-0.2, -0.15) is 0 Å². The van der Waals surface area contributed by atoms with Crippen molar-refractivity contribution in [1.82, 2.24) is 0 Å². The lowest BCUT2D eigenvalue weighted by atomic mass is 10.2. The van der Waals surface area contributed by atoms with Gasteiger partial charge in [0.2, 0.25) is 0 Å². The zero-order valence-electron chi connectivity index (χ0n) is 7.10. The van der Waals surface area contributed by atoms with E-state index in [-0.39, 0.29) is 0 Å². The maximum Gasteiger partial charge on any atom is 0.0631 e. The van der Waals surface area contributed by atoms with E-state index in [1.54, 1.807) is 6.07 Å². The molecule has 1 aromatic carbocycles. The van der Waals surface area contributed by atoms with Gasteiger partial charge >= 0.3 is 0 Å². The number of aryl methyl sites for hydroxylation is 1. The van der Waals surface area contributed by atoms with Crippen LogP contribution in [0.2, 0.25) is 10.0 Å². The molecule has 0 aliphatic carbocycles. The summed E-state index contributed by atoms with van der Waals surface area (Å²) in [6.45, 7) is 5.54. The fourth-order valence-electron chi connectivity index (χ4n) is 0.949. The van der Waals surface area contributed by atoms with E-state index in [0.29, 0.717) is 15.1 Å². The van der Waals surface area contributed by atoms with Gasteiger partial charge in [0.25, 0.3) is 0 Å². The van der Waals surface area contributed by atoms with Gasteiger partial charge in [0, 0.05) is 9.92 Å². The van der Waals surface area contributed by atoms with Crippen LogP contribution in [0.25, 0.3) is 0 Å². The average molecular weight is 234 g/mol. The van der Waals surface area contributed by atoms with Gasteiger partial charge in [-0.05, 0) is 24.6 Å². The maximum absolute atomic E-state index is 5.98. The molecule has 0 amide bonds. The van der Waals surface area contributed by atoms with Crippen molar-refractivity contribution >= 4 is 35.0 Å². The highest BCUT2D eigenvalue weighted by Crippen LogP contribution is 2.34. The topological polar surface area (TPSA) is 26.0 Å². The molecule has 4 heteroatoms. The minimum atomic E-state index is 0.521. The highest BCUT2D eigenvalue weighted by atomic mass is 35.5. The smallest absolute Gasteiger partial charge is 0.0631 e. The van der Waals surface area contributed by atoms with Crippen molar-refractivity contribution < 1.29 is 0 Å². The van der Waals surface area contributed by atoms with E-state index in [1.807, 2.05) is 13.0 Å². The fraction of sp³-hybridized carbons (Fsp3) is 0.111. The molecule has 0 saturated carbocycles. The van der Waals surface area contributed by atoms with E-state index in [0.717, 1.165) is 10.5 Å². The van der Waals surface area contributed by atoms with E-state index < -0.39 is 0 Å². The molecule has 0 spiro atoms. The van der Waals surface area contributed by atoms with Crippen LogP contribution in [0.4, 0.5) is 0 Å². The molecule has 0 fully saturated rings. The summed E-state index contributed by atoms with van der Waals surface area (Å²) in [5, 5.41) is 1.77. The summed E-state index contributed by atoms with van der Waals surface area (Å²) in [7, 11) is 0. The third-order valence-corrected chi connectivity index (χ3v) is 3.06. The number of hydrogen-bond donors (Lipinski definition) is 1. The van der Waals surface area contributed by atoms with Crippen molar-refractivity contribution in [3.05, 3.63) is 39.3 Å². The van der Waals surface area contributed by atoms with Gasteiger partial charge in [-0.15, -0.1) is 0 Å². The first kappa shape index (κ1) is 10.8. The molecule has 0 radical (unpaired) electrons. The zero-order valence-corrected chi connectivity index (χ0v) is 9.43. The molecule has 1 nitrogen and oxygen atoms in total. The van der Waals surface area contributed by atoms with Crippen LogP contribution in [0.5, 0.6) is 0 Å². The molecule has 0 saturated heterocycles. The Kier molecular flexibility index (Phi) is 3.54. The van der Waals surface area contributed by atoms with E-state index in [1.165, 1.54) is 11.8 Å². The summed E-state index contributed by atoms with van der Waals surface area (Å²) in [5.41, 5.74) is 6.49. The van der Waals surface area contributed by atoms with Crippen LogP contribution in [-0.2, 0) is 0 Å². The maximum atomic E-state index is 5.98. The molecule has 70 valence electrons. The monoisotopic (exact) mass is 233 g/mol. The summed E-state index contributed by atoms with van der Waals surface area (Å²) < 4.78 is 0. The first-order valence-electron chi connectivity index (χ1n) is 3.58. The average Bonchev–Trinajstić information content (AvgIpc) is 1.96. The predicted molar refractivity (Wildman–Crippen MR) is 60.4 cm³/mol. The summed E-state index contributed by atoms with van der Waals surface area (Å²) in [5.74, 6) is 0. The Hall–Kier alpha value is -0.310. The van der Waals surface area contributed by atoms with Gasteiger partial charge in [0.05, 0.1) is 10.1 Å². The van der Waals surface area contributed by atoms with Crippen molar-refractivity contribution in [3.63, 3.8) is 0 Å². The van der Waals surface area contributed by atoms with E-state index in [4.69, 9.17) is 28.9 Å². The Morgan fingerprint density at radius 1 is 1.46 bits per heavy atom. The Morgan fingerprint density at radius 2 is 2.08 bits per heavy atom. The summed E-state index contributed by atoms with van der Waals surface area (Å²) in [6, 6.07) is 3.54. The lowest BCUT2D eigenvalue weighted by molar-refractivity contribution is 1.30. The highest BCUT2D eigenvalue weighted by Gasteiger charge is 2.06. The molecule has 0 aromatic heterocycles. The second-order valence-corrected chi connectivity index (χ2v) is 4.58. The van der Waals surface area contributed by atoms with Crippen molar-refractivity contribution in [3.8, 4) is 0 Å². The molecule has 13 heavy (non-hydrogen) atoms. The van der Waals surface area contributed by atoms with E-state index in [9.17, 15) is 0 Å². The molecule has 0 bridgehead atoms. The highest BCUT2D eigenvalue weighted by molar-refractivity contribution is 8.03. The van der Waals surface area contributed by atoms with Crippen LogP contribution in [0.3, 0.4) is 0 Å². The number of halogens is 2. The summed E-state index contributed by atoms with van der Waals surface area (Å²) in [4.78, 5) is 0.915. The third kappa shape index (κ3) is 2.83. The molecule has 0 atom stereocenters. The van der Waals surface area contributed by atoms with Crippen LogP contribution in [0, 0.1) is 6.92 Å². The third-order valence-electron chi connectivity index (χ3n) is 1.43. The first-order chi connectivity index (χ1) is 6.00. The number of nitrogens with two attached hydrogens (primary N) is 1. The number of benzene rings is 1. The van der Waals surface area contributed by atoms with Crippen molar-refractivity contribution in [1.29, 1.82) is 0 Å². The molecule has 0 aliphatic heterocycles. The van der Waals surface area contributed by atoms with E-state index in [2.05, 4.69) is 6.58 Å². The largest absolute Gasteiger partial charge is 0.394 e. The zero-order chi connectivity index (χ0) is 10.0. The van der Waals surface area contributed by atoms with Crippen molar-refractivity contribution in [2.24, 2.45) is 5.73 Å². The molecule has 0 aliphatic rings. The minimum Gasteiger partial charge on any atom is -0.394 e. The molecule has 1 rings (SSSR count). The lowest BCUT2D eigenvalue weighted by Gasteiger charge is -2.07. The quantitative estimate of drug-likeness (QED) is 0.787. The molecule has 0 heterocycles. The van der Waals surface area contributed by atoms with Gasteiger partial charge in [0.1, 0.15) is 0 Å². The Bertz CT molecular complexity index is 326. The van der Waals surface area contributed by atoms with Crippen LogP contribution in [0.15, 0.2) is 28.6 Å². The molecule has 1 aromatic rings. The van der Waals surface area contributed by atoms with E-state index >= 15 is 0 Å². The first-order valence-corrected chi connectivity index (χ1v) is 5.16. The van der Waals surface area contributed by atoms with Crippen LogP contribution in [-0.4, -0.2) is 0 Å². The standard InChI is InChI=1S/C9H9Cl2NS/c1-5-3-7(10)4-8(11)9(5)13-6(2)12/h3-4H,2,12H2,1H3. The van der Waals surface area contributed by atoms with Gasteiger partial charge in [-0.25, -0.2) is 0 Å². The lowest BCUT2D eigenvalue weighted by Crippen LogP contribution is -1.90. The number of thioether (sulfide) groups is 1. The summed E-state index contributed by atoms with van der Waals surface area (Å²) in [6.07, 6.45) is 0. The Labute approximate surface area is 91.9 Å². The number of hydrogen-bond acceptors (Lipinski definition) is 2. The van der Waals surface area contributed by atoms with Crippen molar-refractivity contribution in [2.75, 3.05) is 0 Å². The summed E-state index contributed by atoms with van der Waals surface area (Å²) >= 11 is 13.1. The van der Waals surface area contributed by atoms with Crippen LogP contribution >= 0.6 is 35.0 Å². The van der Waals surface area contributed by atoms with Crippen LogP contribution < -0.4 is 5.73 Å². The number of rotatable bonds is 2. The Balaban J connectivity index is 3.13. The van der Waals surface area contributed by atoms with Gasteiger partial charge < -0.3 is 5.73 Å². The molecule has 2 N–H and O–H groups in total. The molecule has 0 unspecified atom stereocenters. The second-order valence-electron chi connectivity index (χ2n) is 2.60. The van der Waals surface area contributed by atoms with Gasteiger partial charge in [-0.3, -0.25) is 0 Å². The fourth-order valence-corrected chi connectivity index (χ4v) is 2.30. The minimum absolute atomic E-state index is 0.521. The normalized spacial score (nSPS) is 10.1. The molecular formula is C9H9Cl2NS. The SMILES string of the molecule is C=C(N)Sc1c(C)cc(Cl)cc1Cl. The Morgan fingerprint density at radius 3 is 2.54 bits per heavy atom. The van der Waals surface area contributed by atoms with Crippen molar-refractivity contribution in [2.45, 2.75) is 11.8 Å². The molecular weight excluding hydrogens is 225 g/mol.